The number of aliphatic hydroxyl groups is 1. The fourth-order valence-corrected chi connectivity index (χ4v) is 4.92. The van der Waals surface area contributed by atoms with Crippen molar-refractivity contribution in [1.29, 1.82) is 0 Å². The number of rotatable bonds is 7. The molecule has 0 radical (unpaired) electrons. The number of fused-ring (bicyclic) bond motifs is 1. The summed E-state index contributed by atoms with van der Waals surface area (Å²) >= 11 is 0. The molecule has 1 fully saturated rings. The van der Waals surface area contributed by atoms with E-state index in [1.807, 2.05) is 91.3 Å². The van der Waals surface area contributed by atoms with Crippen molar-refractivity contribution in [2.45, 2.75) is 50.9 Å². The maximum absolute atomic E-state index is 13.0. The van der Waals surface area contributed by atoms with Crippen molar-refractivity contribution in [2.24, 2.45) is 0 Å². The lowest BCUT2D eigenvalue weighted by molar-refractivity contribution is 0.0785. The van der Waals surface area contributed by atoms with Crippen LogP contribution >= 0.6 is 0 Å². The first-order valence-corrected chi connectivity index (χ1v) is 12.1. The van der Waals surface area contributed by atoms with Gasteiger partial charge in [0, 0.05) is 37.4 Å². The van der Waals surface area contributed by atoms with Gasteiger partial charge in [0.05, 0.1) is 6.10 Å². The number of pyridine rings is 1. The van der Waals surface area contributed by atoms with Gasteiger partial charge in [-0.1, -0.05) is 48.5 Å². The summed E-state index contributed by atoms with van der Waals surface area (Å²) in [4.78, 5) is 14.7. The van der Waals surface area contributed by atoms with E-state index < -0.39 is 6.10 Å². The molecule has 0 saturated carbocycles. The lowest BCUT2D eigenvalue weighted by Crippen LogP contribution is -2.35. The van der Waals surface area contributed by atoms with Gasteiger partial charge in [0.2, 0.25) is 0 Å². The van der Waals surface area contributed by atoms with Gasteiger partial charge in [0.25, 0.3) is 5.91 Å². The Morgan fingerprint density at radius 2 is 1.80 bits per heavy atom. The number of hydrogen-bond acceptors (Lipinski definition) is 5. The van der Waals surface area contributed by atoms with Gasteiger partial charge in [-0.15, -0.1) is 10.2 Å². The minimum absolute atomic E-state index is 0.0119. The number of nitrogens with one attached hydrogen (secondary N) is 1. The molecule has 1 aliphatic rings. The molecule has 0 bridgehead atoms. The SMILES string of the molecule is Cc1nnc2ccc(CN(C)C(=O)c3ccc(C[C@@H]4CC[C@H](C(O)c5ccccc5)N4)cc3)cn12. The normalized spacial score (nSPS) is 18.6. The number of aromatic nitrogens is 3. The highest BCUT2D eigenvalue weighted by molar-refractivity contribution is 5.94. The highest BCUT2D eigenvalue weighted by Crippen LogP contribution is 2.26. The first kappa shape index (κ1) is 23.2. The van der Waals surface area contributed by atoms with Gasteiger partial charge in [-0.2, -0.15) is 0 Å². The van der Waals surface area contributed by atoms with E-state index in [1.165, 1.54) is 5.56 Å². The molecule has 1 aliphatic heterocycles. The van der Waals surface area contributed by atoms with E-state index in [4.69, 9.17) is 0 Å². The maximum atomic E-state index is 13.0. The van der Waals surface area contributed by atoms with Crippen molar-refractivity contribution >= 4 is 11.6 Å². The molecule has 35 heavy (non-hydrogen) atoms. The van der Waals surface area contributed by atoms with E-state index in [0.29, 0.717) is 18.2 Å². The quantitative estimate of drug-likeness (QED) is 0.431. The fraction of sp³-hybridized carbons (Fsp3) is 0.321. The average Bonchev–Trinajstić information content (AvgIpc) is 3.50. The first-order chi connectivity index (χ1) is 17.0. The highest BCUT2D eigenvalue weighted by Gasteiger charge is 2.29. The Hall–Kier alpha value is -3.55. The topological polar surface area (TPSA) is 82.8 Å². The molecule has 1 unspecified atom stereocenters. The lowest BCUT2D eigenvalue weighted by Gasteiger charge is -2.20. The van der Waals surface area contributed by atoms with Crippen LogP contribution in [0.3, 0.4) is 0 Å². The zero-order valence-electron chi connectivity index (χ0n) is 20.1. The molecular weight excluding hydrogens is 438 g/mol. The summed E-state index contributed by atoms with van der Waals surface area (Å²) in [6.07, 6.45) is 4.33. The largest absolute Gasteiger partial charge is 0.387 e. The first-order valence-electron chi connectivity index (χ1n) is 12.1. The summed E-state index contributed by atoms with van der Waals surface area (Å²) in [5, 5.41) is 22.5. The highest BCUT2D eigenvalue weighted by atomic mass is 16.3. The zero-order chi connectivity index (χ0) is 24.4. The van der Waals surface area contributed by atoms with Gasteiger partial charge >= 0.3 is 0 Å². The summed E-state index contributed by atoms with van der Waals surface area (Å²) in [6.45, 7) is 2.41. The van der Waals surface area contributed by atoms with Crippen molar-refractivity contribution < 1.29 is 9.90 Å². The number of benzene rings is 2. The van der Waals surface area contributed by atoms with Crippen LogP contribution < -0.4 is 5.32 Å². The number of carbonyl (C=O) groups is 1. The number of aliphatic hydroxyl groups excluding tert-OH is 1. The van der Waals surface area contributed by atoms with Crippen molar-refractivity contribution in [3.8, 4) is 0 Å². The minimum Gasteiger partial charge on any atom is -0.387 e. The molecule has 0 aliphatic carbocycles. The second-order valence-corrected chi connectivity index (χ2v) is 9.48. The van der Waals surface area contributed by atoms with E-state index >= 15 is 0 Å². The summed E-state index contributed by atoms with van der Waals surface area (Å²) in [6, 6.07) is 22.0. The Labute approximate surface area is 205 Å². The van der Waals surface area contributed by atoms with E-state index in [0.717, 1.165) is 41.9 Å². The number of amides is 1. The third-order valence-corrected chi connectivity index (χ3v) is 6.88. The molecule has 1 saturated heterocycles. The summed E-state index contributed by atoms with van der Waals surface area (Å²) in [7, 11) is 1.82. The van der Waals surface area contributed by atoms with Crippen molar-refractivity contribution in [3.63, 3.8) is 0 Å². The van der Waals surface area contributed by atoms with Crippen molar-refractivity contribution in [1.82, 2.24) is 24.8 Å². The van der Waals surface area contributed by atoms with Crippen molar-refractivity contribution in [2.75, 3.05) is 7.05 Å². The number of nitrogens with zero attached hydrogens (tertiary/aromatic N) is 4. The molecular formula is C28H31N5O2. The van der Waals surface area contributed by atoms with Gasteiger partial charge in [-0.3, -0.25) is 9.20 Å². The number of carbonyl (C=O) groups excluding carboxylic acids is 1. The van der Waals surface area contributed by atoms with E-state index in [2.05, 4.69) is 15.5 Å². The molecule has 5 rings (SSSR count). The predicted molar refractivity (Wildman–Crippen MR) is 135 cm³/mol. The molecule has 0 spiro atoms. The monoisotopic (exact) mass is 469 g/mol. The molecule has 4 aromatic rings. The maximum Gasteiger partial charge on any atom is 0.253 e. The van der Waals surface area contributed by atoms with Crippen LogP contribution in [0.25, 0.3) is 5.65 Å². The number of hydrogen-bond donors (Lipinski definition) is 2. The van der Waals surface area contributed by atoms with Crippen LogP contribution in [0.2, 0.25) is 0 Å². The molecule has 1 amide bonds. The van der Waals surface area contributed by atoms with Crippen LogP contribution in [-0.4, -0.2) is 49.6 Å². The fourth-order valence-electron chi connectivity index (χ4n) is 4.92. The smallest absolute Gasteiger partial charge is 0.253 e. The summed E-state index contributed by atoms with van der Waals surface area (Å²) in [5.41, 5.74) is 4.63. The van der Waals surface area contributed by atoms with Crippen LogP contribution in [-0.2, 0) is 13.0 Å². The van der Waals surface area contributed by atoms with Gasteiger partial charge in [0.1, 0.15) is 5.82 Å². The van der Waals surface area contributed by atoms with E-state index in [1.54, 1.807) is 4.90 Å². The molecule has 2 aromatic heterocycles. The molecule has 3 heterocycles. The zero-order valence-corrected chi connectivity index (χ0v) is 20.1. The molecule has 2 aromatic carbocycles. The van der Waals surface area contributed by atoms with Crippen molar-refractivity contribution in [3.05, 3.63) is 101 Å². The summed E-state index contributed by atoms with van der Waals surface area (Å²) in [5.74, 6) is 0.811. The Bertz CT molecular complexity index is 1300. The van der Waals surface area contributed by atoms with Gasteiger partial charge in [0.15, 0.2) is 5.65 Å². The molecule has 180 valence electrons. The number of aryl methyl sites for hydroxylation is 1. The second-order valence-electron chi connectivity index (χ2n) is 9.48. The van der Waals surface area contributed by atoms with Gasteiger partial charge in [-0.05, 0) is 61.1 Å². The lowest BCUT2D eigenvalue weighted by atomic mass is 10.0. The van der Waals surface area contributed by atoms with Crippen LogP contribution in [0.15, 0.2) is 72.9 Å². The molecule has 7 nitrogen and oxygen atoms in total. The third kappa shape index (κ3) is 5.11. The standard InChI is InChI=1S/C28H31N5O2/c1-19-30-31-26-15-10-21(18-33(19)26)17-32(2)28(35)23-11-8-20(9-12-23)16-24-13-14-25(29-24)27(34)22-6-4-3-5-7-22/h3-12,15,18,24-25,27,29,34H,13-14,16-17H2,1-2H3/t24-,25+,27?/m0/s1. The Morgan fingerprint density at radius 1 is 1.06 bits per heavy atom. The third-order valence-electron chi connectivity index (χ3n) is 6.88. The Balaban J connectivity index is 1.17. The molecule has 7 heteroatoms. The van der Waals surface area contributed by atoms with Gasteiger partial charge < -0.3 is 15.3 Å². The molecule has 2 N–H and O–H groups in total. The Kier molecular flexibility index (Phi) is 6.61. The van der Waals surface area contributed by atoms with Gasteiger partial charge in [-0.25, -0.2) is 0 Å². The van der Waals surface area contributed by atoms with E-state index in [9.17, 15) is 9.90 Å². The van der Waals surface area contributed by atoms with Crippen LogP contribution in [0.5, 0.6) is 0 Å². The minimum atomic E-state index is -0.494. The molecule has 3 atom stereocenters. The predicted octanol–water partition coefficient (Wildman–Crippen LogP) is 3.71. The second kappa shape index (κ2) is 9.98. The Morgan fingerprint density at radius 3 is 2.57 bits per heavy atom. The van der Waals surface area contributed by atoms with Crippen LogP contribution in [0.1, 0.15) is 51.8 Å². The summed E-state index contributed by atoms with van der Waals surface area (Å²) < 4.78 is 1.93. The van der Waals surface area contributed by atoms with Crippen LogP contribution in [0.4, 0.5) is 0 Å². The average molecular weight is 470 g/mol. The van der Waals surface area contributed by atoms with E-state index in [-0.39, 0.29) is 11.9 Å². The van der Waals surface area contributed by atoms with Crippen LogP contribution in [0, 0.1) is 6.92 Å².